The number of pyridine rings is 1. The number of aliphatic carboxylic acids is 1. The number of rotatable bonds is 6. The molecule has 0 aliphatic carbocycles. The van der Waals surface area contributed by atoms with Gasteiger partial charge in [-0.05, 0) is 67.3 Å². The van der Waals surface area contributed by atoms with Gasteiger partial charge in [-0.25, -0.2) is 17.6 Å². The Kier molecular flexibility index (Phi) is 9.44. The maximum Gasteiger partial charge on any atom is 0.416 e. The fourth-order valence-electron chi connectivity index (χ4n) is 6.57. The van der Waals surface area contributed by atoms with E-state index in [0.29, 0.717) is 10.1 Å². The number of hydrogen-bond donors (Lipinski definition) is 2. The van der Waals surface area contributed by atoms with E-state index in [2.05, 4.69) is 5.32 Å². The Labute approximate surface area is 286 Å². The van der Waals surface area contributed by atoms with Gasteiger partial charge in [-0.2, -0.15) is 13.2 Å². The van der Waals surface area contributed by atoms with Crippen LogP contribution in [0.25, 0.3) is 11.1 Å². The summed E-state index contributed by atoms with van der Waals surface area (Å²) in [6, 6.07) is 5.12. The van der Waals surface area contributed by atoms with Crippen LogP contribution in [0.4, 0.5) is 30.7 Å². The van der Waals surface area contributed by atoms with Crippen molar-refractivity contribution in [1.82, 2.24) is 14.8 Å². The molecule has 0 saturated carbocycles. The second-order valence-corrected chi connectivity index (χ2v) is 12.6. The van der Waals surface area contributed by atoms with Crippen molar-refractivity contribution in [1.29, 1.82) is 0 Å². The molecule has 6 rings (SSSR count). The van der Waals surface area contributed by atoms with Gasteiger partial charge in [0.1, 0.15) is 41.2 Å². The molecule has 0 spiro atoms. The van der Waals surface area contributed by atoms with Crippen LogP contribution in [0.15, 0.2) is 59.5 Å². The van der Waals surface area contributed by atoms with Crippen LogP contribution >= 0.6 is 0 Å². The SMILES string of the molecule is Cc1cc2c(F)c(c1F)C(CC(=O)O)NC(=O)C(n1cc(CCN3CC(F)C3)c(C(F)(F)F)cc1=O)c1cc(ccc1F)Oc1cccc(C)c1-2. The highest BCUT2D eigenvalue weighted by atomic mass is 19.4. The smallest absolute Gasteiger partial charge is 0.416 e. The predicted octanol–water partition coefficient (Wildman–Crippen LogP) is 6.79. The van der Waals surface area contributed by atoms with Crippen LogP contribution in [0.1, 0.15) is 51.9 Å². The van der Waals surface area contributed by atoms with Gasteiger partial charge in [-0.15, -0.1) is 0 Å². The first-order valence-electron chi connectivity index (χ1n) is 15.8. The van der Waals surface area contributed by atoms with Gasteiger partial charge in [0.2, 0.25) is 5.91 Å². The third kappa shape index (κ3) is 6.94. The summed E-state index contributed by atoms with van der Waals surface area (Å²) in [6.07, 6.45) is -6.84. The standard InChI is InChI=1S/C36H30F7N3O5/c1-17-4-3-5-27-30(17)23-10-18(2)32(39)31(33(23)40)26(13-29(48)49)44-35(50)34(22-11-21(51-27)6-7-25(22)38)46-14-19(8-9-45-15-20(37)16-45)24(12-28(46)47)36(41,42)43/h3-7,10-12,14,20,26,34H,8-9,13,15-16H2,1-2H3,(H,44,50)(H,48,49). The summed E-state index contributed by atoms with van der Waals surface area (Å²) in [5, 5.41) is 12.0. The molecule has 8 nitrogen and oxygen atoms in total. The van der Waals surface area contributed by atoms with Crippen molar-refractivity contribution in [3.63, 3.8) is 0 Å². The number of aryl methyl sites for hydroxylation is 2. The van der Waals surface area contributed by atoms with Gasteiger partial charge in [0.25, 0.3) is 5.56 Å². The number of carboxylic acids is 1. The number of fused-ring (bicyclic) bond motifs is 6. The zero-order chi connectivity index (χ0) is 36.9. The lowest BCUT2D eigenvalue weighted by Gasteiger charge is -2.34. The van der Waals surface area contributed by atoms with Crippen molar-refractivity contribution in [2.24, 2.45) is 0 Å². The lowest BCUT2D eigenvalue weighted by molar-refractivity contribution is -0.139. The number of carboxylic acid groups (broad SMARTS) is 1. The quantitative estimate of drug-likeness (QED) is 0.213. The molecule has 2 N–H and O–H groups in total. The summed E-state index contributed by atoms with van der Waals surface area (Å²) in [5.41, 5.74) is -4.32. The average molecular weight is 718 g/mol. The zero-order valence-electron chi connectivity index (χ0n) is 27.1. The van der Waals surface area contributed by atoms with Gasteiger partial charge in [-0.3, -0.25) is 23.9 Å². The van der Waals surface area contributed by atoms with Crippen LogP contribution in [0.2, 0.25) is 0 Å². The van der Waals surface area contributed by atoms with E-state index in [9.17, 15) is 37.1 Å². The number of amides is 1. The highest BCUT2D eigenvalue weighted by Crippen LogP contribution is 2.42. The van der Waals surface area contributed by atoms with Crippen LogP contribution in [0, 0.1) is 31.3 Å². The lowest BCUT2D eigenvalue weighted by Crippen LogP contribution is -2.49. The van der Waals surface area contributed by atoms with Crippen LogP contribution in [0.3, 0.4) is 0 Å². The predicted molar refractivity (Wildman–Crippen MR) is 170 cm³/mol. The summed E-state index contributed by atoms with van der Waals surface area (Å²) in [4.78, 5) is 41.3. The van der Waals surface area contributed by atoms with E-state index >= 15 is 13.2 Å². The molecule has 51 heavy (non-hydrogen) atoms. The molecule has 268 valence electrons. The van der Waals surface area contributed by atoms with Crippen molar-refractivity contribution < 1.29 is 50.2 Å². The van der Waals surface area contributed by atoms with Crippen LogP contribution < -0.4 is 15.6 Å². The topological polar surface area (TPSA) is 101 Å². The molecule has 3 heterocycles. The molecular formula is C36H30F7N3O5. The number of carbonyl (C=O) groups excluding carboxylic acids is 1. The number of aromatic nitrogens is 1. The molecule has 2 unspecified atom stereocenters. The number of likely N-dealkylation sites (tertiary alicyclic amines) is 1. The Morgan fingerprint density at radius 3 is 2.39 bits per heavy atom. The van der Waals surface area contributed by atoms with Crippen LogP contribution in [-0.2, 0) is 22.2 Å². The molecule has 4 bridgehead atoms. The van der Waals surface area contributed by atoms with E-state index < -0.39 is 88.0 Å². The third-order valence-electron chi connectivity index (χ3n) is 9.06. The number of ether oxygens (including phenoxy) is 1. The zero-order valence-corrected chi connectivity index (χ0v) is 27.1. The minimum Gasteiger partial charge on any atom is -0.481 e. The van der Waals surface area contributed by atoms with E-state index in [-0.39, 0.29) is 60.3 Å². The van der Waals surface area contributed by atoms with E-state index in [1.807, 2.05) is 0 Å². The minimum absolute atomic E-state index is 0.00849. The highest BCUT2D eigenvalue weighted by molar-refractivity contribution is 5.85. The summed E-state index contributed by atoms with van der Waals surface area (Å²) < 4.78 is 111. The number of alkyl halides is 4. The Bertz CT molecular complexity index is 2110. The van der Waals surface area contributed by atoms with Crippen molar-refractivity contribution in [2.45, 2.75) is 51.1 Å². The van der Waals surface area contributed by atoms with E-state index in [4.69, 9.17) is 4.74 Å². The van der Waals surface area contributed by atoms with Gasteiger partial charge in [0, 0.05) is 54.2 Å². The van der Waals surface area contributed by atoms with Gasteiger partial charge < -0.3 is 15.2 Å². The van der Waals surface area contributed by atoms with Crippen molar-refractivity contribution in [3.05, 3.63) is 116 Å². The molecule has 15 heteroatoms. The molecule has 4 aromatic rings. The van der Waals surface area contributed by atoms with Crippen molar-refractivity contribution >= 4 is 11.9 Å². The highest BCUT2D eigenvalue weighted by Gasteiger charge is 2.38. The summed E-state index contributed by atoms with van der Waals surface area (Å²) in [7, 11) is 0. The Morgan fingerprint density at radius 2 is 1.73 bits per heavy atom. The molecule has 0 radical (unpaired) electrons. The van der Waals surface area contributed by atoms with Crippen molar-refractivity contribution in [2.75, 3.05) is 19.6 Å². The maximum absolute atomic E-state index is 16.6. The van der Waals surface area contributed by atoms with Gasteiger partial charge in [0.15, 0.2) is 0 Å². The molecular weight excluding hydrogens is 687 g/mol. The summed E-state index contributed by atoms with van der Waals surface area (Å²) in [5.74, 6) is -6.57. The fraction of sp³-hybridized carbons (Fsp3) is 0.306. The molecule has 2 aliphatic heterocycles. The van der Waals surface area contributed by atoms with E-state index in [1.54, 1.807) is 24.0 Å². The van der Waals surface area contributed by atoms with Crippen LogP contribution in [-0.4, -0.2) is 52.3 Å². The summed E-state index contributed by atoms with van der Waals surface area (Å²) in [6.45, 7) is 2.87. The number of nitrogens with zero attached hydrogens (tertiary/aromatic N) is 2. The number of benzene rings is 3. The van der Waals surface area contributed by atoms with Crippen LogP contribution in [0.5, 0.6) is 11.5 Å². The van der Waals surface area contributed by atoms with Gasteiger partial charge in [-0.1, -0.05) is 12.1 Å². The monoisotopic (exact) mass is 717 g/mol. The maximum atomic E-state index is 16.6. The Hall–Kier alpha value is -5.18. The lowest BCUT2D eigenvalue weighted by atomic mass is 9.91. The fourth-order valence-corrected chi connectivity index (χ4v) is 6.57. The summed E-state index contributed by atoms with van der Waals surface area (Å²) >= 11 is 0. The average Bonchev–Trinajstić information content (AvgIpc) is 3.02. The largest absolute Gasteiger partial charge is 0.481 e. The first-order valence-corrected chi connectivity index (χ1v) is 15.8. The van der Waals surface area contributed by atoms with E-state index in [0.717, 1.165) is 18.3 Å². The Balaban J connectivity index is 1.60. The molecule has 3 aromatic carbocycles. The minimum atomic E-state index is -5.02. The number of halogens is 7. The normalized spacial score (nSPS) is 18.0. The van der Waals surface area contributed by atoms with Crippen molar-refractivity contribution in [3.8, 4) is 22.6 Å². The third-order valence-corrected chi connectivity index (χ3v) is 9.06. The molecule has 1 saturated heterocycles. The molecule has 1 amide bonds. The molecule has 1 aromatic heterocycles. The molecule has 2 aliphatic rings. The number of hydrogen-bond acceptors (Lipinski definition) is 5. The molecule has 1 fully saturated rings. The van der Waals surface area contributed by atoms with Gasteiger partial charge in [0.05, 0.1) is 18.0 Å². The second-order valence-electron chi connectivity index (χ2n) is 12.6. The molecule has 2 atom stereocenters. The van der Waals surface area contributed by atoms with Gasteiger partial charge >= 0.3 is 12.1 Å². The first-order chi connectivity index (χ1) is 24.0. The van der Waals surface area contributed by atoms with E-state index in [1.165, 1.54) is 25.1 Å². The Morgan fingerprint density at radius 1 is 1.00 bits per heavy atom. The number of nitrogens with one attached hydrogen (secondary N) is 1. The number of carbonyl (C=O) groups is 2. The second kappa shape index (κ2) is 13.5. The first kappa shape index (κ1) is 35.6.